The van der Waals surface area contributed by atoms with Gasteiger partial charge in [0.05, 0.1) is 0 Å². The van der Waals surface area contributed by atoms with Crippen LogP contribution in [0.25, 0.3) is 0 Å². The van der Waals surface area contributed by atoms with Gasteiger partial charge in [-0.3, -0.25) is 4.90 Å². The van der Waals surface area contributed by atoms with E-state index in [0.29, 0.717) is 12.2 Å². The van der Waals surface area contributed by atoms with Crippen molar-refractivity contribution in [2.24, 2.45) is 5.41 Å². The number of carbonyl (C=O) groups is 2. The highest BCUT2D eigenvalue weighted by molar-refractivity contribution is 7.99. The van der Waals surface area contributed by atoms with Gasteiger partial charge in [-0.2, -0.15) is 11.8 Å². The summed E-state index contributed by atoms with van der Waals surface area (Å²) >= 11 is 1.62. The van der Waals surface area contributed by atoms with E-state index in [2.05, 4.69) is 13.8 Å². The van der Waals surface area contributed by atoms with Crippen molar-refractivity contribution in [3.63, 3.8) is 0 Å². The normalized spacial score (nSPS) is 28.0. The zero-order chi connectivity index (χ0) is 16.8. The number of nitrogens with zero attached hydrogens (tertiary/aromatic N) is 1. The largest absolute Gasteiger partial charge is 0.479 e. The van der Waals surface area contributed by atoms with E-state index in [1.54, 1.807) is 11.8 Å². The van der Waals surface area contributed by atoms with Crippen molar-refractivity contribution in [2.75, 3.05) is 11.5 Å². The van der Waals surface area contributed by atoms with E-state index in [-0.39, 0.29) is 11.5 Å². The van der Waals surface area contributed by atoms with Gasteiger partial charge in [-0.15, -0.1) is 0 Å². The highest BCUT2D eigenvalue weighted by Gasteiger charge is 2.57. The van der Waals surface area contributed by atoms with Crippen LogP contribution in [0.5, 0.6) is 0 Å². The average Bonchev–Trinajstić information content (AvgIpc) is 3.09. The minimum Gasteiger partial charge on any atom is -0.479 e. The zero-order valence-electron chi connectivity index (χ0n) is 14.1. The molecule has 1 amide bonds. The van der Waals surface area contributed by atoms with E-state index >= 15 is 0 Å². The molecule has 126 valence electrons. The molecular weight excluding hydrogens is 302 g/mol. The van der Waals surface area contributed by atoms with Crippen LogP contribution < -0.4 is 0 Å². The van der Waals surface area contributed by atoms with Gasteiger partial charge in [0.2, 0.25) is 0 Å². The predicted molar refractivity (Wildman–Crippen MR) is 87.2 cm³/mol. The summed E-state index contributed by atoms with van der Waals surface area (Å²) in [5, 5.41) is 9.95. The molecule has 2 aliphatic rings. The Balaban J connectivity index is 2.34. The molecule has 0 aromatic rings. The van der Waals surface area contributed by atoms with Crippen LogP contribution in [0.1, 0.15) is 53.9 Å². The van der Waals surface area contributed by atoms with Gasteiger partial charge in [-0.25, -0.2) is 9.59 Å². The van der Waals surface area contributed by atoms with Crippen molar-refractivity contribution in [1.29, 1.82) is 0 Å². The Bertz CT molecular complexity index is 467. The number of hydrogen-bond acceptors (Lipinski definition) is 4. The first-order chi connectivity index (χ1) is 9.97. The number of amides is 1. The topological polar surface area (TPSA) is 66.8 Å². The first-order valence-corrected chi connectivity index (χ1v) is 8.96. The third kappa shape index (κ3) is 3.70. The van der Waals surface area contributed by atoms with Gasteiger partial charge in [0, 0.05) is 11.8 Å². The number of carbonyl (C=O) groups excluding carboxylic acids is 1. The van der Waals surface area contributed by atoms with Crippen molar-refractivity contribution in [3.05, 3.63) is 0 Å². The molecule has 1 saturated heterocycles. The van der Waals surface area contributed by atoms with Gasteiger partial charge in [0.25, 0.3) is 0 Å². The molecule has 1 aliphatic heterocycles. The molecule has 1 aliphatic carbocycles. The molecule has 1 saturated carbocycles. The molecule has 2 fully saturated rings. The summed E-state index contributed by atoms with van der Waals surface area (Å²) in [6.45, 7) is 9.56. The number of carboxylic acid groups (broad SMARTS) is 1. The van der Waals surface area contributed by atoms with E-state index in [0.717, 1.165) is 18.6 Å². The molecule has 22 heavy (non-hydrogen) atoms. The molecule has 0 bridgehead atoms. The Labute approximate surface area is 136 Å². The number of carboxylic acids is 1. The van der Waals surface area contributed by atoms with Crippen LogP contribution in [-0.2, 0) is 9.53 Å². The fourth-order valence-corrected chi connectivity index (χ4v) is 4.56. The molecule has 0 spiro atoms. The van der Waals surface area contributed by atoms with Crippen molar-refractivity contribution < 1.29 is 19.4 Å². The molecule has 0 radical (unpaired) electrons. The summed E-state index contributed by atoms with van der Waals surface area (Å²) in [5.41, 5.74) is -1.90. The van der Waals surface area contributed by atoms with E-state index in [1.165, 1.54) is 4.90 Å². The quantitative estimate of drug-likeness (QED) is 0.860. The fourth-order valence-electron chi connectivity index (χ4n) is 3.10. The van der Waals surface area contributed by atoms with Gasteiger partial charge < -0.3 is 9.84 Å². The van der Waals surface area contributed by atoms with Crippen molar-refractivity contribution >= 4 is 23.8 Å². The molecular formula is C16H27NO4S. The summed E-state index contributed by atoms with van der Waals surface area (Å²) in [6, 6.07) is 0.000417. The minimum atomic E-state index is -1.16. The Hall–Kier alpha value is -0.910. The summed E-state index contributed by atoms with van der Waals surface area (Å²) < 4.78 is 5.51. The SMILES string of the molecule is CC1(C)CSCC(C(=O)O)(N(C(=O)OC(C)(C)C)C2CC2)C1. The van der Waals surface area contributed by atoms with Gasteiger partial charge in [-0.05, 0) is 51.2 Å². The second kappa shape index (κ2) is 5.62. The van der Waals surface area contributed by atoms with Crippen LogP contribution in [0.3, 0.4) is 0 Å². The third-order valence-corrected chi connectivity index (χ3v) is 5.63. The molecule has 6 heteroatoms. The van der Waals surface area contributed by atoms with Crippen molar-refractivity contribution in [1.82, 2.24) is 4.90 Å². The highest BCUT2D eigenvalue weighted by Crippen LogP contribution is 2.46. The van der Waals surface area contributed by atoms with E-state index in [9.17, 15) is 14.7 Å². The van der Waals surface area contributed by atoms with Crippen LogP contribution >= 0.6 is 11.8 Å². The van der Waals surface area contributed by atoms with Crippen molar-refractivity contribution in [2.45, 2.75) is 71.1 Å². The van der Waals surface area contributed by atoms with Crippen LogP contribution in [0.2, 0.25) is 0 Å². The van der Waals surface area contributed by atoms with Crippen LogP contribution in [-0.4, -0.2) is 50.8 Å². The smallest absolute Gasteiger partial charge is 0.411 e. The molecule has 0 aromatic carbocycles. The lowest BCUT2D eigenvalue weighted by Crippen LogP contribution is -2.63. The predicted octanol–water partition coefficient (Wildman–Crippen LogP) is 3.37. The van der Waals surface area contributed by atoms with Gasteiger partial charge in [0.15, 0.2) is 5.54 Å². The number of ether oxygens (including phenoxy) is 1. The summed E-state index contributed by atoms with van der Waals surface area (Å²) in [7, 11) is 0. The second-order valence-electron chi connectivity index (χ2n) is 8.25. The summed E-state index contributed by atoms with van der Waals surface area (Å²) in [6.07, 6.45) is 1.70. The average molecular weight is 329 g/mol. The number of thioether (sulfide) groups is 1. The molecule has 1 heterocycles. The molecule has 1 atom stereocenters. The van der Waals surface area contributed by atoms with Gasteiger partial charge >= 0.3 is 12.1 Å². The standard InChI is InChI=1S/C16H27NO4S/c1-14(2,3)21-13(20)17(11-6-7-11)16(12(18)19)8-15(4,5)9-22-10-16/h11H,6-10H2,1-5H3,(H,18,19). The second-order valence-corrected chi connectivity index (χ2v) is 9.24. The van der Waals surface area contributed by atoms with E-state index in [4.69, 9.17) is 4.74 Å². The van der Waals surface area contributed by atoms with E-state index in [1.807, 2.05) is 20.8 Å². The molecule has 1 unspecified atom stereocenters. The maximum atomic E-state index is 12.7. The number of rotatable bonds is 3. The van der Waals surface area contributed by atoms with Gasteiger partial charge in [-0.1, -0.05) is 13.8 Å². The van der Waals surface area contributed by atoms with Crippen LogP contribution in [0.15, 0.2) is 0 Å². The molecule has 1 N–H and O–H groups in total. The summed E-state index contributed by atoms with van der Waals surface area (Å²) in [4.78, 5) is 26.4. The fraction of sp³-hybridized carbons (Fsp3) is 0.875. The lowest BCUT2D eigenvalue weighted by molar-refractivity contribution is -0.152. The number of aliphatic carboxylic acids is 1. The first-order valence-electron chi connectivity index (χ1n) is 7.80. The summed E-state index contributed by atoms with van der Waals surface area (Å²) in [5.74, 6) is 0.432. The zero-order valence-corrected chi connectivity index (χ0v) is 15.0. The Morgan fingerprint density at radius 2 is 1.82 bits per heavy atom. The lowest BCUT2D eigenvalue weighted by Gasteiger charge is -2.48. The molecule has 5 nitrogen and oxygen atoms in total. The maximum absolute atomic E-state index is 12.7. The minimum absolute atomic E-state index is 0.000417. The molecule has 0 aromatic heterocycles. The van der Waals surface area contributed by atoms with Crippen LogP contribution in [0, 0.1) is 5.41 Å². The highest BCUT2D eigenvalue weighted by atomic mass is 32.2. The lowest BCUT2D eigenvalue weighted by atomic mass is 9.78. The Kier molecular flexibility index (Phi) is 4.46. The Morgan fingerprint density at radius 3 is 2.23 bits per heavy atom. The number of hydrogen-bond donors (Lipinski definition) is 1. The van der Waals surface area contributed by atoms with Crippen molar-refractivity contribution in [3.8, 4) is 0 Å². The Morgan fingerprint density at radius 1 is 1.23 bits per heavy atom. The van der Waals surface area contributed by atoms with Gasteiger partial charge in [0.1, 0.15) is 5.60 Å². The first kappa shape index (κ1) is 17.4. The third-order valence-electron chi connectivity index (χ3n) is 3.97. The maximum Gasteiger partial charge on any atom is 0.411 e. The van der Waals surface area contributed by atoms with E-state index < -0.39 is 23.2 Å². The van der Waals surface area contributed by atoms with Crippen LogP contribution in [0.4, 0.5) is 4.79 Å². The molecule has 2 rings (SSSR count). The monoisotopic (exact) mass is 329 g/mol.